The molecule has 1 heterocycles. The number of carboxylic acids is 1. The zero-order chi connectivity index (χ0) is 14.6. The normalized spacial score (nSPS) is 17.4. The number of β-amino-alcohol motifs (C(OH)–C–C–N with tert-alkyl or cyclic N) is 1. The number of aliphatic hydroxyl groups excluding tert-OH is 1. The van der Waals surface area contributed by atoms with E-state index < -0.39 is 11.5 Å². The molecule has 0 atom stereocenters. The smallest absolute Gasteiger partial charge is 0.329 e. The second-order valence-corrected chi connectivity index (χ2v) is 5.26. The summed E-state index contributed by atoms with van der Waals surface area (Å²) in [5, 5.41) is 18.0. The van der Waals surface area contributed by atoms with Crippen molar-refractivity contribution in [1.82, 2.24) is 14.7 Å². The number of likely N-dealkylation sites (N-methyl/N-ethyl adjacent to an activating group) is 1. The lowest BCUT2D eigenvalue weighted by Crippen LogP contribution is -2.58. The Balaban J connectivity index is 2.58. The van der Waals surface area contributed by atoms with Crippen LogP contribution in [0.4, 0.5) is 4.79 Å². The van der Waals surface area contributed by atoms with Crippen LogP contribution in [0.25, 0.3) is 0 Å². The van der Waals surface area contributed by atoms with E-state index in [1.165, 1.54) is 25.8 Å². The van der Waals surface area contributed by atoms with Crippen LogP contribution in [0.5, 0.6) is 0 Å². The molecule has 0 aromatic rings. The number of urea groups is 1. The molecular formula is C12H23N3O4. The molecule has 0 aromatic carbocycles. The first-order chi connectivity index (χ1) is 8.80. The molecule has 1 aliphatic heterocycles. The van der Waals surface area contributed by atoms with Crippen molar-refractivity contribution in [3.8, 4) is 0 Å². The molecule has 1 saturated heterocycles. The monoisotopic (exact) mass is 273 g/mol. The van der Waals surface area contributed by atoms with Crippen molar-refractivity contribution in [3.05, 3.63) is 0 Å². The van der Waals surface area contributed by atoms with Gasteiger partial charge in [-0.05, 0) is 13.8 Å². The van der Waals surface area contributed by atoms with Gasteiger partial charge >= 0.3 is 12.0 Å². The Kier molecular flexibility index (Phi) is 5.13. The molecule has 0 radical (unpaired) electrons. The Morgan fingerprint density at radius 3 is 2.16 bits per heavy atom. The van der Waals surface area contributed by atoms with E-state index in [-0.39, 0.29) is 12.6 Å². The zero-order valence-corrected chi connectivity index (χ0v) is 11.8. The lowest BCUT2D eigenvalue weighted by atomic mass is 10.0. The van der Waals surface area contributed by atoms with E-state index in [4.69, 9.17) is 10.2 Å². The highest BCUT2D eigenvalue weighted by Crippen LogP contribution is 2.15. The number of piperazine rings is 1. The highest BCUT2D eigenvalue weighted by atomic mass is 16.4. The van der Waals surface area contributed by atoms with Crippen molar-refractivity contribution >= 4 is 12.0 Å². The molecule has 0 bridgehead atoms. The minimum Gasteiger partial charge on any atom is -0.480 e. The van der Waals surface area contributed by atoms with Crippen LogP contribution < -0.4 is 0 Å². The summed E-state index contributed by atoms with van der Waals surface area (Å²) in [5.41, 5.74) is -1.22. The molecule has 2 amide bonds. The summed E-state index contributed by atoms with van der Waals surface area (Å²) in [6, 6.07) is -0.268. The van der Waals surface area contributed by atoms with Gasteiger partial charge in [-0.25, -0.2) is 9.59 Å². The van der Waals surface area contributed by atoms with Gasteiger partial charge in [0.05, 0.1) is 6.61 Å². The summed E-state index contributed by atoms with van der Waals surface area (Å²) in [7, 11) is 1.51. The van der Waals surface area contributed by atoms with Crippen LogP contribution in [0, 0.1) is 0 Å². The number of carbonyl (C=O) groups is 2. The van der Waals surface area contributed by atoms with Crippen LogP contribution >= 0.6 is 0 Å². The molecule has 2 N–H and O–H groups in total. The molecule has 1 fully saturated rings. The summed E-state index contributed by atoms with van der Waals surface area (Å²) in [6.07, 6.45) is 0. The SMILES string of the molecule is CN(C(=O)N1CCN(CCO)CC1)C(C)(C)C(=O)O. The third-order valence-electron chi connectivity index (χ3n) is 3.71. The highest BCUT2D eigenvalue weighted by Gasteiger charge is 2.37. The van der Waals surface area contributed by atoms with Gasteiger partial charge in [-0.1, -0.05) is 0 Å². The lowest BCUT2D eigenvalue weighted by Gasteiger charge is -2.40. The standard InChI is InChI=1S/C12H23N3O4/c1-12(2,10(17)18)13(3)11(19)15-6-4-14(5-7-15)8-9-16/h16H,4-9H2,1-3H3,(H,17,18). The number of amides is 2. The summed E-state index contributed by atoms with van der Waals surface area (Å²) >= 11 is 0. The maximum Gasteiger partial charge on any atom is 0.329 e. The first kappa shape index (κ1) is 15.7. The molecule has 1 aliphatic rings. The molecule has 110 valence electrons. The maximum absolute atomic E-state index is 12.2. The number of nitrogens with zero attached hydrogens (tertiary/aromatic N) is 3. The van der Waals surface area contributed by atoms with E-state index in [2.05, 4.69) is 4.90 Å². The van der Waals surface area contributed by atoms with E-state index in [1.54, 1.807) is 4.90 Å². The number of rotatable bonds is 4. The van der Waals surface area contributed by atoms with Crippen molar-refractivity contribution in [1.29, 1.82) is 0 Å². The number of aliphatic carboxylic acids is 1. The predicted molar refractivity (Wildman–Crippen MR) is 70.0 cm³/mol. The van der Waals surface area contributed by atoms with E-state index in [9.17, 15) is 9.59 Å². The van der Waals surface area contributed by atoms with Gasteiger partial charge in [0.2, 0.25) is 0 Å². The molecule has 1 rings (SSSR count). The van der Waals surface area contributed by atoms with E-state index >= 15 is 0 Å². The van der Waals surface area contributed by atoms with Crippen LogP contribution in [0.15, 0.2) is 0 Å². The predicted octanol–water partition coefficient (Wildman–Crippen LogP) is -0.489. The largest absolute Gasteiger partial charge is 0.480 e. The quantitative estimate of drug-likeness (QED) is 0.722. The van der Waals surface area contributed by atoms with Crippen molar-refractivity contribution < 1.29 is 19.8 Å². The Labute approximate surface area is 113 Å². The van der Waals surface area contributed by atoms with Crippen LogP contribution in [0.2, 0.25) is 0 Å². The minimum absolute atomic E-state index is 0.111. The Morgan fingerprint density at radius 1 is 1.21 bits per heavy atom. The Bertz CT molecular complexity index is 338. The first-order valence-electron chi connectivity index (χ1n) is 6.40. The van der Waals surface area contributed by atoms with Gasteiger partial charge in [-0.2, -0.15) is 0 Å². The van der Waals surface area contributed by atoms with Gasteiger partial charge < -0.3 is 20.0 Å². The Hall–Kier alpha value is -1.34. The molecule has 7 nitrogen and oxygen atoms in total. The first-order valence-corrected chi connectivity index (χ1v) is 6.40. The number of carboxylic acid groups (broad SMARTS) is 1. The topological polar surface area (TPSA) is 84.3 Å². The van der Waals surface area contributed by atoms with Gasteiger partial charge in [0, 0.05) is 39.8 Å². The van der Waals surface area contributed by atoms with Gasteiger partial charge in [-0.15, -0.1) is 0 Å². The fraction of sp³-hybridized carbons (Fsp3) is 0.833. The fourth-order valence-electron chi connectivity index (χ4n) is 1.90. The van der Waals surface area contributed by atoms with Crippen molar-refractivity contribution in [2.24, 2.45) is 0 Å². The number of aliphatic hydroxyl groups is 1. The van der Waals surface area contributed by atoms with Crippen molar-refractivity contribution in [2.45, 2.75) is 19.4 Å². The van der Waals surface area contributed by atoms with Crippen LogP contribution in [-0.2, 0) is 4.79 Å². The molecule has 0 saturated carbocycles. The van der Waals surface area contributed by atoms with E-state index in [0.717, 1.165) is 0 Å². The summed E-state index contributed by atoms with van der Waals surface area (Å²) in [4.78, 5) is 28.4. The average Bonchev–Trinajstić information content (AvgIpc) is 2.38. The molecule has 0 unspecified atom stereocenters. The van der Waals surface area contributed by atoms with Crippen LogP contribution in [0.1, 0.15) is 13.8 Å². The van der Waals surface area contributed by atoms with E-state index in [0.29, 0.717) is 32.7 Å². The summed E-state index contributed by atoms with van der Waals surface area (Å²) in [6.45, 7) is 6.25. The zero-order valence-electron chi connectivity index (χ0n) is 11.8. The fourth-order valence-corrected chi connectivity index (χ4v) is 1.90. The average molecular weight is 273 g/mol. The number of carbonyl (C=O) groups excluding carboxylic acids is 1. The van der Waals surface area contributed by atoms with Crippen molar-refractivity contribution in [2.75, 3.05) is 46.4 Å². The molecule has 7 heteroatoms. The van der Waals surface area contributed by atoms with Crippen LogP contribution in [0.3, 0.4) is 0 Å². The second-order valence-electron chi connectivity index (χ2n) is 5.26. The molecular weight excluding hydrogens is 250 g/mol. The molecule has 19 heavy (non-hydrogen) atoms. The third kappa shape index (κ3) is 3.57. The lowest BCUT2D eigenvalue weighted by molar-refractivity contribution is -0.147. The van der Waals surface area contributed by atoms with Crippen LogP contribution in [-0.4, -0.2) is 88.8 Å². The number of hydrogen-bond acceptors (Lipinski definition) is 4. The second kappa shape index (κ2) is 6.21. The van der Waals surface area contributed by atoms with Gasteiger partial charge in [0.1, 0.15) is 5.54 Å². The summed E-state index contributed by atoms with van der Waals surface area (Å²) < 4.78 is 0. The highest BCUT2D eigenvalue weighted by molar-refractivity contribution is 5.85. The number of hydrogen-bond donors (Lipinski definition) is 2. The van der Waals surface area contributed by atoms with E-state index in [1.807, 2.05) is 0 Å². The van der Waals surface area contributed by atoms with Gasteiger partial charge in [0.25, 0.3) is 0 Å². The summed E-state index contributed by atoms with van der Waals surface area (Å²) in [5.74, 6) is -1.03. The third-order valence-corrected chi connectivity index (χ3v) is 3.71. The molecule has 0 spiro atoms. The minimum atomic E-state index is -1.22. The van der Waals surface area contributed by atoms with Crippen molar-refractivity contribution in [3.63, 3.8) is 0 Å². The Morgan fingerprint density at radius 2 is 1.74 bits per heavy atom. The molecule has 0 aliphatic carbocycles. The van der Waals surface area contributed by atoms with Gasteiger partial charge in [-0.3, -0.25) is 4.90 Å². The van der Waals surface area contributed by atoms with Gasteiger partial charge in [0.15, 0.2) is 0 Å². The molecule has 0 aromatic heterocycles. The maximum atomic E-state index is 12.2.